The molecule has 1 fully saturated rings. The average Bonchev–Trinajstić information content (AvgIpc) is 2.81. The van der Waals surface area contributed by atoms with Gasteiger partial charge in [0.2, 0.25) is 0 Å². The lowest BCUT2D eigenvalue weighted by Crippen LogP contribution is -2.39. The molecule has 2 heterocycles. The zero-order chi connectivity index (χ0) is 17.0. The zero-order valence-corrected chi connectivity index (χ0v) is 14.2. The smallest absolute Gasteiger partial charge is 0.345 e. The van der Waals surface area contributed by atoms with Crippen molar-refractivity contribution >= 4 is 5.97 Å². The van der Waals surface area contributed by atoms with Crippen molar-refractivity contribution in [3.8, 4) is 0 Å². The van der Waals surface area contributed by atoms with E-state index in [1.54, 1.807) is 4.57 Å². The highest BCUT2D eigenvalue weighted by Gasteiger charge is 2.27. The maximum absolute atomic E-state index is 12.5. The summed E-state index contributed by atoms with van der Waals surface area (Å²) in [5.74, 6) is 0.109. The SMILES string of the molecule is CCn1c(C2CCCN(CC(=O)O)C2)nn(CCN(C)C)c1=O. The molecule has 8 nitrogen and oxygen atoms in total. The van der Waals surface area contributed by atoms with Crippen LogP contribution in [0, 0.1) is 0 Å². The van der Waals surface area contributed by atoms with E-state index in [1.165, 1.54) is 4.68 Å². The second-order valence-corrected chi connectivity index (χ2v) is 6.38. The number of nitrogens with zero attached hydrogens (tertiary/aromatic N) is 5. The summed E-state index contributed by atoms with van der Waals surface area (Å²) in [5.41, 5.74) is -0.0697. The van der Waals surface area contributed by atoms with Gasteiger partial charge in [0.25, 0.3) is 0 Å². The van der Waals surface area contributed by atoms with E-state index in [0.29, 0.717) is 19.6 Å². The number of carbonyl (C=O) groups is 1. The van der Waals surface area contributed by atoms with E-state index in [0.717, 1.165) is 31.8 Å². The Hall–Kier alpha value is -1.67. The van der Waals surface area contributed by atoms with Crippen LogP contribution in [-0.2, 0) is 17.9 Å². The molecule has 0 bridgehead atoms. The topological polar surface area (TPSA) is 83.6 Å². The van der Waals surface area contributed by atoms with Crippen LogP contribution in [0.5, 0.6) is 0 Å². The Bertz CT molecular complexity index is 592. The van der Waals surface area contributed by atoms with Crippen molar-refractivity contribution in [1.82, 2.24) is 24.1 Å². The third kappa shape index (κ3) is 4.42. The van der Waals surface area contributed by atoms with E-state index in [2.05, 4.69) is 5.10 Å². The molecule has 130 valence electrons. The molecule has 1 saturated heterocycles. The maximum atomic E-state index is 12.5. The van der Waals surface area contributed by atoms with Crippen LogP contribution in [0.25, 0.3) is 0 Å². The minimum atomic E-state index is -0.810. The van der Waals surface area contributed by atoms with Gasteiger partial charge >= 0.3 is 11.7 Å². The van der Waals surface area contributed by atoms with Crippen molar-refractivity contribution < 1.29 is 9.90 Å². The summed E-state index contributed by atoms with van der Waals surface area (Å²) >= 11 is 0. The van der Waals surface area contributed by atoms with Gasteiger partial charge in [0, 0.05) is 25.6 Å². The molecule has 23 heavy (non-hydrogen) atoms. The molecule has 1 aliphatic rings. The summed E-state index contributed by atoms with van der Waals surface area (Å²) < 4.78 is 3.26. The number of likely N-dealkylation sites (tertiary alicyclic amines) is 1. The molecule has 1 aromatic rings. The third-order valence-electron chi connectivity index (χ3n) is 4.26. The Morgan fingerprint density at radius 2 is 2.17 bits per heavy atom. The van der Waals surface area contributed by atoms with Crippen LogP contribution in [0.1, 0.15) is 31.5 Å². The van der Waals surface area contributed by atoms with Crippen molar-refractivity contribution in [2.75, 3.05) is 40.3 Å². The van der Waals surface area contributed by atoms with Crippen molar-refractivity contribution in [3.63, 3.8) is 0 Å². The minimum absolute atomic E-state index is 0.0498. The molecule has 1 aliphatic heterocycles. The number of carboxylic acids is 1. The maximum Gasteiger partial charge on any atom is 0.345 e. The summed E-state index contributed by atoms with van der Waals surface area (Å²) in [7, 11) is 3.93. The Labute approximate surface area is 136 Å². The highest BCUT2D eigenvalue weighted by Crippen LogP contribution is 2.24. The van der Waals surface area contributed by atoms with Crippen LogP contribution in [-0.4, -0.2) is 75.5 Å². The molecule has 0 saturated carbocycles. The predicted molar refractivity (Wildman–Crippen MR) is 86.8 cm³/mol. The molecule has 1 atom stereocenters. The van der Waals surface area contributed by atoms with Gasteiger partial charge in [0.15, 0.2) is 0 Å². The number of piperidine rings is 1. The first-order valence-electron chi connectivity index (χ1n) is 8.18. The molecule has 1 unspecified atom stereocenters. The number of carboxylic acid groups (broad SMARTS) is 1. The van der Waals surface area contributed by atoms with Gasteiger partial charge in [0.1, 0.15) is 5.82 Å². The van der Waals surface area contributed by atoms with Gasteiger partial charge in [-0.2, -0.15) is 5.10 Å². The van der Waals surface area contributed by atoms with Crippen molar-refractivity contribution in [2.45, 2.75) is 38.8 Å². The normalized spacial score (nSPS) is 19.4. The van der Waals surface area contributed by atoms with Gasteiger partial charge in [-0.25, -0.2) is 9.48 Å². The number of hydrogen-bond acceptors (Lipinski definition) is 5. The molecule has 2 rings (SSSR count). The van der Waals surface area contributed by atoms with E-state index in [9.17, 15) is 9.59 Å². The van der Waals surface area contributed by atoms with Gasteiger partial charge in [-0.05, 0) is 40.4 Å². The van der Waals surface area contributed by atoms with Crippen LogP contribution in [0.2, 0.25) is 0 Å². The quantitative estimate of drug-likeness (QED) is 0.753. The summed E-state index contributed by atoms with van der Waals surface area (Å²) in [6, 6.07) is 0. The van der Waals surface area contributed by atoms with Crippen LogP contribution in [0.3, 0.4) is 0 Å². The molecule has 0 amide bonds. The molecule has 0 spiro atoms. The Morgan fingerprint density at radius 3 is 2.78 bits per heavy atom. The van der Waals surface area contributed by atoms with Crippen molar-refractivity contribution in [3.05, 3.63) is 16.3 Å². The average molecular weight is 325 g/mol. The Kier molecular flexibility index (Phi) is 5.95. The van der Waals surface area contributed by atoms with Crippen LogP contribution >= 0.6 is 0 Å². The number of likely N-dealkylation sites (N-methyl/N-ethyl adjacent to an activating group) is 1. The first-order chi connectivity index (χ1) is 10.9. The Balaban J connectivity index is 2.19. The van der Waals surface area contributed by atoms with Gasteiger partial charge in [0.05, 0.1) is 13.1 Å². The number of hydrogen-bond donors (Lipinski definition) is 1. The number of aliphatic carboxylic acids is 1. The van der Waals surface area contributed by atoms with Crippen molar-refractivity contribution in [1.29, 1.82) is 0 Å². The standard InChI is InChI=1S/C15H27N5O3/c1-4-19-14(16-20(15(19)23)9-8-17(2)3)12-6-5-7-18(10-12)11-13(21)22/h12H,4-11H2,1-3H3,(H,21,22). The Morgan fingerprint density at radius 1 is 1.43 bits per heavy atom. The highest BCUT2D eigenvalue weighted by molar-refractivity contribution is 5.69. The molecule has 0 radical (unpaired) electrons. The first kappa shape index (κ1) is 17.7. The molecular formula is C15H27N5O3. The fourth-order valence-electron chi connectivity index (χ4n) is 3.10. The molecule has 1 N–H and O–H groups in total. The fraction of sp³-hybridized carbons (Fsp3) is 0.800. The lowest BCUT2D eigenvalue weighted by Gasteiger charge is -2.30. The lowest BCUT2D eigenvalue weighted by molar-refractivity contribution is -0.138. The number of rotatable bonds is 7. The summed E-state index contributed by atoms with van der Waals surface area (Å²) in [6.45, 7) is 5.35. The summed E-state index contributed by atoms with van der Waals surface area (Å²) in [4.78, 5) is 27.3. The van der Waals surface area contributed by atoms with E-state index in [4.69, 9.17) is 5.11 Å². The highest BCUT2D eigenvalue weighted by atomic mass is 16.4. The fourth-order valence-corrected chi connectivity index (χ4v) is 3.10. The van der Waals surface area contributed by atoms with Gasteiger partial charge in [-0.15, -0.1) is 0 Å². The zero-order valence-electron chi connectivity index (χ0n) is 14.2. The van der Waals surface area contributed by atoms with E-state index >= 15 is 0 Å². The van der Waals surface area contributed by atoms with E-state index in [1.807, 2.05) is 30.8 Å². The molecule has 8 heteroatoms. The van der Waals surface area contributed by atoms with E-state index in [-0.39, 0.29) is 18.2 Å². The summed E-state index contributed by atoms with van der Waals surface area (Å²) in [5, 5.41) is 13.5. The van der Waals surface area contributed by atoms with Gasteiger partial charge in [-0.3, -0.25) is 14.3 Å². The van der Waals surface area contributed by atoms with Crippen LogP contribution in [0.15, 0.2) is 4.79 Å². The largest absolute Gasteiger partial charge is 0.480 e. The van der Waals surface area contributed by atoms with E-state index < -0.39 is 5.97 Å². The molecular weight excluding hydrogens is 298 g/mol. The predicted octanol–water partition coefficient (Wildman–Crippen LogP) is -0.110. The second-order valence-electron chi connectivity index (χ2n) is 6.38. The number of aromatic nitrogens is 3. The third-order valence-corrected chi connectivity index (χ3v) is 4.26. The second kappa shape index (κ2) is 7.74. The van der Waals surface area contributed by atoms with Gasteiger partial charge in [-0.1, -0.05) is 0 Å². The molecule has 0 aliphatic carbocycles. The molecule has 1 aromatic heterocycles. The van der Waals surface area contributed by atoms with Crippen LogP contribution in [0.4, 0.5) is 0 Å². The van der Waals surface area contributed by atoms with Gasteiger partial charge < -0.3 is 10.0 Å². The minimum Gasteiger partial charge on any atom is -0.480 e. The van der Waals surface area contributed by atoms with Crippen molar-refractivity contribution in [2.24, 2.45) is 0 Å². The van der Waals surface area contributed by atoms with Crippen LogP contribution < -0.4 is 5.69 Å². The molecule has 0 aromatic carbocycles. The lowest BCUT2D eigenvalue weighted by atomic mass is 9.97. The summed E-state index contributed by atoms with van der Waals surface area (Å²) in [6.07, 6.45) is 1.88. The monoisotopic (exact) mass is 325 g/mol. The first-order valence-corrected chi connectivity index (χ1v) is 8.18.